The number of imide groups is 1. The molecule has 6 nitrogen and oxygen atoms in total. The van der Waals surface area contributed by atoms with Crippen LogP contribution in [0.4, 0.5) is 0 Å². The molecule has 2 rings (SSSR count). The molecule has 2 aliphatic rings. The monoisotopic (exact) mass is 281 g/mol. The molecule has 0 aromatic rings. The number of hydroxylamine groups is 2. The van der Waals surface area contributed by atoms with Crippen LogP contribution < -0.4 is 0 Å². The number of hydrogen-bond acceptors (Lipinski definition) is 4. The van der Waals surface area contributed by atoms with E-state index in [4.69, 9.17) is 4.84 Å². The summed E-state index contributed by atoms with van der Waals surface area (Å²) >= 11 is 0. The summed E-state index contributed by atoms with van der Waals surface area (Å²) < 4.78 is 0. The Balaban J connectivity index is 2.02. The molecule has 0 unspecified atom stereocenters. The maximum atomic E-state index is 11.5. The van der Waals surface area contributed by atoms with Gasteiger partial charge in [0.05, 0.1) is 5.41 Å². The number of carbonyl (C=O) groups excluding carboxylic acids is 2. The van der Waals surface area contributed by atoms with Gasteiger partial charge in [0.2, 0.25) is 0 Å². The number of carbonyl (C=O) groups is 3. The minimum absolute atomic E-state index is 0.183. The molecule has 0 bridgehead atoms. The standard InChI is InChI=1S/C14H19NO5/c1-14(13(18)19)8-3-2-4-10(7-9-14)20-15-11(16)5-6-12(15)17/h2,4,10H,3,5-9H2,1H3,(H,18,19)/b4-2+/t10-,14+/m1/s1. The SMILES string of the molecule is C[C@]1(C(=O)O)CC/C=C/[C@@H](ON2C(=O)CCC2=O)CC1. The van der Waals surface area contributed by atoms with Crippen LogP contribution in [0.15, 0.2) is 12.2 Å². The Hall–Kier alpha value is -1.69. The highest BCUT2D eigenvalue weighted by atomic mass is 16.7. The third-order valence-electron chi connectivity index (χ3n) is 3.96. The number of aliphatic carboxylic acids is 1. The van der Waals surface area contributed by atoms with E-state index in [9.17, 15) is 19.5 Å². The molecule has 1 aliphatic carbocycles. The van der Waals surface area contributed by atoms with Crippen LogP contribution in [-0.4, -0.2) is 34.1 Å². The Bertz CT molecular complexity index is 442. The van der Waals surface area contributed by atoms with Crippen LogP contribution in [-0.2, 0) is 19.2 Å². The number of carboxylic acids is 1. The molecule has 2 atom stereocenters. The Labute approximate surface area is 117 Å². The van der Waals surface area contributed by atoms with E-state index in [1.165, 1.54) is 0 Å². The highest BCUT2D eigenvalue weighted by molar-refractivity contribution is 6.00. The van der Waals surface area contributed by atoms with Gasteiger partial charge < -0.3 is 5.11 Å². The third-order valence-corrected chi connectivity index (χ3v) is 3.96. The molecule has 0 saturated carbocycles. The summed E-state index contributed by atoms with van der Waals surface area (Å²) in [6.45, 7) is 1.72. The van der Waals surface area contributed by atoms with Gasteiger partial charge in [0.1, 0.15) is 6.10 Å². The predicted molar refractivity (Wildman–Crippen MR) is 69.3 cm³/mol. The number of rotatable bonds is 3. The van der Waals surface area contributed by atoms with Crippen molar-refractivity contribution in [2.24, 2.45) is 5.41 Å². The summed E-state index contributed by atoms with van der Waals surface area (Å²) in [6, 6.07) is 0. The molecule has 1 saturated heterocycles. The van der Waals surface area contributed by atoms with Crippen molar-refractivity contribution in [1.29, 1.82) is 0 Å². The zero-order valence-electron chi connectivity index (χ0n) is 11.5. The summed E-state index contributed by atoms with van der Waals surface area (Å²) in [7, 11) is 0. The maximum absolute atomic E-state index is 11.5. The van der Waals surface area contributed by atoms with Gasteiger partial charge in [0.25, 0.3) is 11.8 Å². The zero-order chi connectivity index (χ0) is 14.8. The fourth-order valence-electron chi connectivity index (χ4n) is 2.44. The summed E-state index contributed by atoms with van der Waals surface area (Å²) in [5, 5.41) is 10.1. The van der Waals surface area contributed by atoms with E-state index in [1.807, 2.05) is 6.08 Å². The molecular weight excluding hydrogens is 262 g/mol. The fraction of sp³-hybridized carbons (Fsp3) is 0.643. The Morgan fingerprint density at radius 1 is 1.35 bits per heavy atom. The summed E-state index contributed by atoms with van der Waals surface area (Å²) in [5.41, 5.74) is -0.786. The van der Waals surface area contributed by atoms with E-state index < -0.39 is 17.5 Å². The van der Waals surface area contributed by atoms with Crippen LogP contribution >= 0.6 is 0 Å². The number of allylic oxidation sites excluding steroid dienone is 1. The van der Waals surface area contributed by atoms with Crippen LogP contribution in [0, 0.1) is 5.41 Å². The molecule has 2 amide bonds. The second-order valence-corrected chi connectivity index (χ2v) is 5.60. The normalized spacial score (nSPS) is 32.9. The smallest absolute Gasteiger partial charge is 0.309 e. The van der Waals surface area contributed by atoms with Gasteiger partial charge in [0, 0.05) is 12.8 Å². The lowest BCUT2D eigenvalue weighted by atomic mass is 9.79. The lowest BCUT2D eigenvalue weighted by Gasteiger charge is -2.28. The van der Waals surface area contributed by atoms with Gasteiger partial charge in [-0.25, -0.2) is 0 Å². The molecule has 20 heavy (non-hydrogen) atoms. The number of amides is 2. The molecule has 110 valence electrons. The lowest BCUT2D eigenvalue weighted by Crippen LogP contribution is -2.35. The molecular formula is C14H19NO5. The van der Waals surface area contributed by atoms with Gasteiger partial charge in [-0.3, -0.25) is 19.2 Å². The van der Waals surface area contributed by atoms with Crippen molar-refractivity contribution in [3.8, 4) is 0 Å². The molecule has 0 spiro atoms. The van der Waals surface area contributed by atoms with Gasteiger partial charge in [-0.1, -0.05) is 12.2 Å². The van der Waals surface area contributed by atoms with Crippen LogP contribution in [0.1, 0.15) is 45.4 Å². The van der Waals surface area contributed by atoms with Crippen molar-refractivity contribution in [3.63, 3.8) is 0 Å². The maximum Gasteiger partial charge on any atom is 0.309 e. The van der Waals surface area contributed by atoms with Crippen molar-refractivity contribution in [2.45, 2.75) is 51.6 Å². The zero-order valence-corrected chi connectivity index (χ0v) is 11.5. The van der Waals surface area contributed by atoms with Gasteiger partial charge in [0.15, 0.2) is 0 Å². The summed E-state index contributed by atoms with van der Waals surface area (Å²) in [5.74, 6) is -1.47. The topological polar surface area (TPSA) is 83.9 Å². The van der Waals surface area contributed by atoms with Gasteiger partial charge >= 0.3 is 5.97 Å². The minimum Gasteiger partial charge on any atom is -0.481 e. The van der Waals surface area contributed by atoms with Crippen molar-refractivity contribution in [2.75, 3.05) is 0 Å². The highest BCUT2D eigenvalue weighted by Gasteiger charge is 2.36. The molecule has 0 radical (unpaired) electrons. The number of carboxylic acid groups (broad SMARTS) is 1. The summed E-state index contributed by atoms with van der Waals surface area (Å²) in [4.78, 5) is 39.8. The average Bonchev–Trinajstić information content (AvgIpc) is 2.69. The van der Waals surface area contributed by atoms with Crippen LogP contribution in [0.5, 0.6) is 0 Å². The molecule has 6 heteroatoms. The summed E-state index contributed by atoms with van der Waals surface area (Å²) in [6.07, 6.45) is 5.74. The lowest BCUT2D eigenvalue weighted by molar-refractivity contribution is -0.198. The molecule has 0 aromatic carbocycles. The minimum atomic E-state index is -0.820. The van der Waals surface area contributed by atoms with E-state index in [0.29, 0.717) is 25.7 Å². The van der Waals surface area contributed by atoms with Gasteiger partial charge in [-0.15, -0.1) is 0 Å². The Kier molecular flexibility index (Phi) is 4.23. The van der Waals surface area contributed by atoms with Crippen molar-refractivity contribution >= 4 is 17.8 Å². The molecule has 1 N–H and O–H groups in total. The predicted octanol–water partition coefficient (Wildman–Crippen LogP) is 1.66. The second kappa shape index (κ2) is 5.75. The van der Waals surface area contributed by atoms with E-state index in [-0.39, 0.29) is 24.7 Å². The van der Waals surface area contributed by atoms with Crippen molar-refractivity contribution < 1.29 is 24.3 Å². The van der Waals surface area contributed by atoms with Gasteiger partial charge in [-0.2, -0.15) is 5.06 Å². The Morgan fingerprint density at radius 3 is 2.60 bits per heavy atom. The molecule has 1 heterocycles. The first-order valence-corrected chi connectivity index (χ1v) is 6.85. The largest absolute Gasteiger partial charge is 0.481 e. The first-order valence-electron chi connectivity index (χ1n) is 6.85. The highest BCUT2D eigenvalue weighted by Crippen LogP contribution is 2.33. The van der Waals surface area contributed by atoms with Crippen LogP contribution in [0.25, 0.3) is 0 Å². The van der Waals surface area contributed by atoms with E-state index in [1.54, 1.807) is 13.0 Å². The van der Waals surface area contributed by atoms with E-state index in [2.05, 4.69) is 0 Å². The van der Waals surface area contributed by atoms with E-state index in [0.717, 1.165) is 5.06 Å². The average molecular weight is 281 g/mol. The van der Waals surface area contributed by atoms with Crippen molar-refractivity contribution in [1.82, 2.24) is 5.06 Å². The number of nitrogens with zero attached hydrogens (tertiary/aromatic N) is 1. The number of hydrogen-bond donors (Lipinski definition) is 1. The quantitative estimate of drug-likeness (QED) is 0.628. The first-order chi connectivity index (χ1) is 9.42. The van der Waals surface area contributed by atoms with Crippen molar-refractivity contribution in [3.05, 3.63) is 12.2 Å². The van der Waals surface area contributed by atoms with Crippen LogP contribution in [0.2, 0.25) is 0 Å². The molecule has 1 aliphatic heterocycles. The third kappa shape index (κ3) is 3.07. The first kappa shape index (κ1) is 14.7. The Morgan fingerprint density at radius 2 is 2.00 bits per heavy atom. The molecule has 0 aromatic heterocycles. The molecule has 1 fully saturated rings. The van der Waals surface area contributed by atoms with Gasteiger partial charge in [-0.05, 0) is 32.6 Å². The fourth-order valence-corrected chi connectivity index (χ4v) is 2.44. The van der Waals surface area contributed by atoms with E-state index >= 15 is 0 Å². The second-order valence-electron chi connectivity index (χ2n) is 5.60. The van der Waals surface area contributed by atoms with Crippen LogP contribution in [0.3, 0.4) is 0 Å².